The first-order chi connectivity index (χ1) is 8.63. The number of nitrogens with zero attached hydrogens (tertiary/aromatic N) is 2. The van der Waals surface area contributed by atoms with Gasteiger partial charge >= 0.3 is 0 Å². The molecule has 0 fully saturated rings. The van der Waals surface area contributed by atoms with Gasteiger partial charge in [-0.2, -0.15) is 5.10 Å². The van der Waals surface area contributed by atoms with Crippen LogP contribution >= 0.6 is 0 Å². The number of aromatic nitrogens is 2. The van der Waals surface area contributed by atoms with Gasteiger partial charge in [0.15, 0.2) is 0 Å². The van der Waals surface area contributed by atoms with E-state index in [1.165, 1.54) is 5.69 Å². The van der Waals surface area contributed by atoms with Crippen LogP contribution in [0.25, 0.3) is 0 Å². The van der Waals surface area contributed by atoms with E-state index in [0.29, 0.717) is 19.6 Å². The van der Waals surface area contributed by atoms with Crippen LogP contribution in [0.5, 0.6) is 0 Å². The van der Waals surface area contributed by atoms with Crippen LogP contribution in [0.3, 0.4) is 0 Å². The highest BCUT2D eigenvalue weighted by Gasteiger charge is 2.02. The van der Waals surface area contributed by atoms with Crippen LogP contribution in [0.2, 0.25) is 0 Å². The number of carbonyl (C=O) groups excluding carboxylic acids is 1. The van der Waals surface area contributed by atoms with Gasteiger partial charge in [-0.15, -0.1) is 0 Å². The summed E-state index contributed by atoms with van der Waals surface area (Å²) < 4.78 is 6.88. The number of carbonyl (C=O) groups is 1. The number of hydrogen-bond acceptors (Lipinski definition) is 3. The van der Waals surface area contributed by atoms with Gasteiger partial charge < -0.3 is 10.1 Å². The summed E-state index contributed by atoms with van der Waals surface area (Å²) in [6.45, 7) is 6.21. The monoisotopic (exact) mass is 253 g/mol. The SMILES string of the molecule is COCCCC(=O)NCCCn1nc(C)cc1C. The number of aryl methyl sites for hydroxylation is 3. The van der Waals surface area contributed by atoms with E-state index in [-0.39, 0.29) is 5.91 Å². The molecule has 0 radical (unpaired) electrons. The first-order valence-corrected chi connectivity index (χ1v) is 6.40. The van der Waals surface area contributed by atoms with Gasteiger partial charge in [0.1, 0.15) is 0 Å². The Balaban J connectivity index is 2.11. The fourth-order valence-corrected chi connectivity index (χ4v) is 1.82. The largest absolute Gasteiger partial charge is 0.385 e. The third-order valence-electron chi connectivity index (χ3n) is 2.72. The number of amides is 1. The molecule has 0 aromatic carbocycles. The van der Waals surface area contributed by atoms with Crippen molar-refractivity contribution in [1.29, 1.82) is 0 Å². The van der Waals surface area contributed by atoms with Crippen molar-refractivity contribution < 1.29 is 9.53 Å². The zero-order chi connectivity index (χ0) is 13.4. The maximum atomic E-state index is 11.4. The minimum atomic E-state index is 0.0976. The van der Waals surface area contributed by atoms with Crippen molar-refractivity contribution in [3.05, 3.63) is 17.5 Å². The Morgan fingerprint density at radius 3 is 2.83 bits per heavy atom. The summed E-state index contributed by atoms with van der Waals surface area (Å²) >= 11 is 0. The number of hydrogen-bond donors (Lipinski definition) is 1. The molecule has 0 saturated heterocycles. The van der Waals surface area contributed by atoms with Crippen molar-refractivity contribution in [2.75, 3.05) is 20.3 Å². The molecule has 5 nitrogen and oxygen atoms in total. The van der Waals surface area contributed by atoms with E-state index >= 15 is 0 Å². The van der Waals surface area contributed by atoms with Gasteiger partial charge in [-0.3, -0.25) is 9.48 Å². The second-order valence-corrected chi connectivity index (χ2v) is 4.45. The second kappa shape index (κ2) is 7.87. The third kappa shape index (κ3) is 5.31. The van der Waals surface area contributed by atoms with Gasteiger partial charge in [0, 0.05) is 38.9 Å². The molecule has 5 heteroatoms. The third-order valence-corrected chi connectivity index (χ3v) is 2.72. The molecule has 0 aliphatic heterocycles. The van der Waals surface area contributed by atoms with E-state index in [1.54, 1.807) is 7.11 Å². The Bertz CT molecular complexity index is 374. The predicted octanol–water partition coefficient (Wildman–Crippen LogP) is 1.43. The summed E-state index contributed by atoms with van der Waals surface area (Å²) in [6.07, 6.45) is 2.21. The standard InChI is InChI=1S/C13H23N3O2/c1-11-10-12(2)16(15-11)8-5-7-14-13(17)6-4-9-18-3/h10H,4-9H2,1-3H3,(H,14,17). The van der Waals surface area contributed by atoms with E-state index in [0.717, 1.165) is 25.1 Å². The molecule has 1 aromatic heterocycles. The van der Waals surface area contributed by atoms with Crippen LogP contribution in [0, 0.1) is 13.8 Å². The zero-order valence-electron chi connectivity index (χ0n) is 11.5. The van der Waals surface area contributed by atoms with Crippen molar-refractivity contribution in [3.8, 4) is 0 Å². The number of rotatable bonds is 8. The Morgan fingerprint density at radius 2 is 2.22 bits per heavy atom. The molecule has 1 N–H and O–H groups in total. The maximum absolute atomic E-state index is 11.4. The Morgan fingerprint density at radius 1 is 1.44 bits per heavy atom. The van der Waals surface area contributed by atoms with Crippen LogP contribution < -0.4 is 5.32 Å². The van der Waals surface area contributed by atoms with Crippen molar-refractivity contribution in [3.63, 3.8) is 0 Å². The van der Waals surface area contributed by atoms with E-state index in [4.69, 9.17) is 4.74 Å². The molecule has 1 rings (SSSR count). The first kappa shape index (κ1) is 14.7. The van der Waals surface area contributed by atoms with Crippen molar-refractivity contribution in [2.24, 2.45) is 0 Å². The minimum absolute atomic E-state index is 0.0976. The van der Waals surface area contributed by atoms with Gasteiger partial charge in [-0.25, -0.2) is 0 Å². The normalized spacial score (nSPS) is 10.6. The molecular formula is C13H23N3O2. The van der Waals surface area contributed by atoms with Crippen LogP contribution in [-0.4, -0.2) is 35.9 Å². The number of ether oxygens (including phenoxy) is 1. The van der Waals surface area contributed by atoms with Crippen molar-refractivity contribution in [2.45, 2.75) is 39.7 Å². The van der Waals surface area contributed by atoms with Crippen molar-refractivity contribution >= 4 is 5.91 Å². The zero-order valence-corrected chi connectivity index (χ0v) is 11.5. The molecular weight excluding hydrogens is 230 g/mol. The molecule has 102 valence electrons. The average Bonchev–Trinajstić information content (AvgIpc) is 2.64. The Kier molecular flexibility index (Phi) is 6.43. The lowest BCUT2D eigenvalue weighted by molar-refractivity contribution is -0.121. The topological polar surface area (TPSA) is 56.1 Å². The fourth-order valence-electron chi connectivity index (χ4n) is 1.82. The fraction of sp³-hybridized carbons (Fsp3) is 0.692. The average molecular weight is 253 g/mol. The van der Waals surface area contributed by atoms with Crippen LogP contribution in [-0.2, 0) is 16.1 Å². The van der Waals surface area contributed by atoms with Crippen LogP contribution in [0.4, 0.5) is 0 Å². The summed E-state index contributed by atoms with van der Waals surface area (Å²) in [7, 11) is 1.65. The summed E-state index contributed by atoms with van der Waals surface area (Å²) in [5.74, 6) is 0.0976. The quantitative estimate of drug-likeness (QED) is 0.713. The molecule has 0 saturated carbocycles. The smallest absolute Gasteiger partial charge is 0.220 e. The molecule has 1 amide bonds. The lowest BCUT2D eigenvalue weighted by Crippen LogP contribution is -2.25. The van der Waals surface area contributed by atoms with E-state index in [2.05, 4.69) is 16.5 Å². The Labute approximate surface area is 109 Å². The minimum Gasteiger partial charge on any atom is -0.385 e. The molecule has 18 heavy (non-hydrogen) atoms. The Hall–Kier alpha value is -1.36. The molecule has 0 aliphatic carbocycles. The van der Waals surface area contributed by atoms with Gasteiger partial charge in [-0.05, 0) is 32.8 Å². The van der Waals surface area contributed by atoms with Gasteiger partial charge in [0.2, 0.25) is 5.91 Å². The summed E-state index contributed by atoms with van der Waals surface area (Å²) in [6, 6.07) is 2.06. The molecule has 0 unspecified atom stereocenters. The van der Waals surface area contributed by atoms with Gasteiger partial charge in [-0.1, -0.05) is 0 Å². The highest BCUT2D eigenvalue weighted by atomic mass is 16.5. The molecule has 0 spiro atoms. The van der Waals surface area contributed by atoms with Crippen molar-refractivity contribution in [1.82, 2.24) is 15.1 Å². The summed E-state index contributed by atoms with van der Waals surface area (Å²) in [5.41, 5.74) is 2.20. The van der Waals surface area contributed by atoms with Crippen LogP contribution in [0.1, 0.15) is 30.7 Å². The van der Waals surface area contributed by atoms with Gasteiger partial charge in [0.25, 0.3) is 0 Å². The number of methoxy groups -OCH3 is 1. The molecule has 0 bridgehead atoms. The first-order valence-electron chi connectivity index (χ1n) is 6.40. The summed E-state index contributed by atoms with van der Waals surface area (Å²) in [4.78, 5) is 11.4. The summed E-state index contributed by atoms with van der Waals surface area (Å²) in [5, 5.41) is 7.28. The lowest BCUT2D eigenvalue weighted by Gasteiger charge is -2.06. The highest BCUT2D eigenvalue weighted by Crippen LogP contribution is 2.02. The number of nitrogens with one attached hydrogen (secondary N) is 1. The van der Waals surface area contributed by atoms with Crippen LogP contribution in [0.15, 0.2) is 6.07 Å². The molecule has 0 atom stereocenters. The predicted molar refractivity (Wildman–Crippen MR) is 70.4 cm³/mol. The second-order valence-electron chi connectivity index (χ2n) is 4.45. The molecule has 0 aliphatic rings. The van der Waals surface area contributed by atoms with E-state index in [1.807, 2.05) is 18.5 Å². The van der Waals surface area contributed by atoms with E-state index in [9.17, 15) is 4.79 Å². The maximum Gasteiger partial charge on any atom is 0.220 e. The van der Waals surface area contributed by atoms with Gasteiger partial charge in [0.05, 0.1) is 5.69 Å². The molecule has 1 aromatic rings. The highest BCUT2D eigenvalue weighted by molar-refractivity contribution is 5.75. The van der Waals surface area contributed by atoms with E-state index < -0.39 is 0 Å². The molecule has 1 heterocycles. The lowest BCUT2D eigenvalue weighted by atomic mass is 10.3.